The van der Waals surface area contributed by atoms with Crippen LogP contribution in [0.2, 0.25) is 0 Å². The first-order valence-electron chi connectivity index (χ1n) is 10.4. The lowest BCUT2D eigenvalue weighted by Gasteiger charge is -2.29. The third kappa shape index (κ3) is 2.56. The summed E-state index contributed by atoms with van der Waals surface area (Å²) in [6.45, 7) is 4.38. The minimum absolute atomic E-state index is 0.0682. The zero-order valence-electron chi connectivity index (χ0n) is 16.5. The zero-order valence-corrected chi connectivity index (χ0v) is 16.5. The first-order valence-corrected chi connectivity index (χ1v) is 10.4. The summed E-state index contributed by atoms with van der Waals surface area (Å²) < 4.78 is 0. The van der Waals surface area contributed by atoms with E-state index in [4.69, 9.17) is 0 Å². The van der Waals surface area contributed by atoms with Crippen LogP contribution in [-0.4, -0.2) is 22.8 Å². The van der Waals surface area contributed by atoms with E-state index >= 15 is 0 Å². The molecule has 0 radical (unpaired) electrons. The van der Waals surface area contributed by atoms with E-state index in [1.165, 1.54) is 12.0 Å². The SMILES string of the molecule is CC(C)c1cccc2c3cc4c(cc3cc-2c1)C(=O)N(C1CCCCC1)C4=O. The predicted molar refractivity (Wildman–Crippen MR) is 112 cm³/mol. The van der Waals surface area contributed by atoms with Crippen molar-refractivity contribution in [2.75, 3.05) is 0 Å². The Hall–Kier alpha value is -2.68. The number of rotatable bonds is 2. The third-order valence-corrected chi connectivity index (χ3v) is 6.48. The molecule has 2 amide bonds. The fraction of sp³-hybridized carbons (Fsp3) is 0.360. The molecule has 0 spiro atoms. The van der Waals surface area contributed by atoms with Gasteiger partial charge in [-0.3, -0.25) is 14.5 Å². The summed E-state index contributed by atoms with van der Waals surface area (Å²) >= 11 is 0. The van der Waals surface area contributed by atoms with Crippen molar-refractivity contribution in [1.29, 1.82) is 0 Å². The van der Waals surface area contributed by atoms with Gasteiger partial charge in [0.25, 0.3) is 11.8 Å². The van der Waals surface area contributed by atoms with Gasteiger partial charge in [0.2, 0.25) is 0 Å². The Labute approximate surface area is 165 Å². The van der Waals surface area contributed by atoms with Crippen molar-refractivity contribution in [2.45, 2.75) is 57.9 Å². The molecule has 142 valence electrons. The fourth-order valence-corrected chi connectivity index (χ4v) is 4.89. The van der Waals surface area contributed by atoms with Crippen molar-refractivity contribution in [3.63, 3.8) is 0 Å². The standard InChI is InChI=1S/C25H25NO2/c1-15(2)16-7-6-10-20-17(11-16)12-18-13-22-23(14-21(18)20)25(28)26(24(22)27)19-8-4-3-5-9-19/h6-7,10-15,19H,3-5,8-9H2,1-2H3. The lowest BCUT2D eigenvalue weighted by molar-refractivity contribution is 0.0549. The van der Waals surface area contributed by atoms with Crippen LogP contribution in [0.4, 0.5) is 0 Å². The second kappa shape index (κ2) is 6.44. The molecule has 0 bridgehead atoms. The molecule has 0 N–H and O–H groups in total. The van der Waals surface area contributed by atoms with E-state index in [0.29, 0.717) is 17.0 Å². The molecule has 1 saturated carbocycles. The second-order valence-electron chi connectivity index (χ2n) is 8.60. The molecule has 1 aromatic carbocycles. The van der Waals surface area contributed by atoms with Crippen LogP contribution in [0.15, 0.2) is 42.5 Å². The van der Waals surface area contributed by atoms with Gasteiger partial charge >= 0.3 is 0 Å². The summed E-state index contributed by atoms with van der Waals surface area (Å²) in [7, 11) is 0. The quantitative estimate of drug-likeness (QED) is 0.518. The van der Waals surface area contributed by atoms with Gasteiger partial charge in [-0.25, -0.2) is 0 Å². The number of benzene rings is 1. The number of carbonyl (C=O) groups excluding carboxylic acids is 2. The molecule has 3 nitrogen and oxygen atoms in total. The molecule has 5 rings (SSSR count). The molecule has 4 aliphatic rings. The number of fused-ring (bicyclic) bond motifs is 4. The summed E-state index contributed by atoms with van der Waals surface area (Å²) in [6.07, 6.45) is 5.28. The normalized spacial score (nSPS) is 17.9. The van der Waals surface area contributed by atoms with Gasteiger partial charge in [-0.1, -0.05) is 57.4 Å². The monoisotopic (exact) mass is 371 g/mol. The molecule has 1 fully saturated rings. The predicted octanol–water partition coefficient (Wildman–Crippen LogP) is 6.00. The number of imide groups is 1. The highest BCUT2D eigenvalue weighted by Gasteiger charge is 2.40. The Morgan fingerprint density at radius 2 is 1.57 bits per heavy atom. The van der Waals surface area contributed by atoms with Gasteiger partial charge in [0.15, 0.2) is 0 Å². The van der Waals surface area contributed by atoms with E-state index in [1.807, 2.05) is 12.1 Å². The molecule has 0 saturated heterocycles. The van der Waals surface area contributed by atoms with Gasteiger partial charge < -0.3 is 0 Å². The Morgan fingerprint density at radius 1 is 0.857 bits per heavy atom. The van der Waals surface area contributed by atoms with Crippen molar-refractivity contribution in [3.05, 3.63) is 59.2 Å². The summed E-state index contributed by atoms with van der Waals surface area (Å²) in [4.78, 5) is 27.7. The van der Waals surface area contributed by atoms with Gasteiger partial charge in [-0.05, 0) is 64.4 Å². The Morgan fingerprint density at radius 3 is 2.29 bits per heavy atom. The maximum atomic E-state index is 13.1. The Kier molecular flexibility index (Phi) is 4.01. The molecule has 3 heteroatoms. The van der Waals surface area contributed by atoms with Crippen LogP contribution in [-0.2, 0) is 0 Å². The number of nitrogens with zero attached hydrogens (tertiary/aromatic N) is 1. The highest BCUT2D eigenvalue weighted by atomic mass is 16.2. The van der Waals surface area contributed by atoms with Crippen molar-refractivity contribution in [2.24, 2.45) is 0 Å². The lowest BCUT2D eigenvalue weighted by Crippen LogP contribution is -2.40. The average Bonchev–Trinajstić information content (AvgIpc) is 3.03. The molecule has 1 heterocycles. The molecular weight excluding hydrogens is 346 g/mol. The smallest absolute Gasteiger partial charge is 0.261 e. The van der Waals surface area contributed by atoms with Gasteiger partial charge in [-0.2, -0.15) is 0 Å². The van der Waals surface area contributed by atoms with Crippen molar-refractivity contribution in [3.8, 4) is 11.1 Å². The topological polar surface area (TPSA) is 37.4 Å². The zero-order chi connectivity index (χ0) is 19.4. The minimum atomic E-state index is -0.105. The Balaban J connectivity index is 1.63. The maximum absolute atomic E-state index is 13.1. The Bertz CT molecular complexity index is 1080. The molecule has 0 aromatic heterocycles. The summed E-state index contributed by atoms with van der Waals surface area (Å²) in [5.41, 5.74) is 4.74. The van der Waals surface area contributed by atoms with Crippen molar-refractivity contribution in [1.82, 2.24) is 4.90 Å². The van der Waals surface area contributed by atoms with Gasteiger partial charge in [0, 0.05) is 6.04 Å². The summed E-state index contributed by atoms with van der Waals surface area (Å²) in [5, 5.41) is 2.10. The number of hydrogen-bond donors (Lipinski definition) is 0. The summed E-state index contributed by atoms with van der Waals surface area (Å²) in [5.74, 6) is 0.240. The van der Waals surface area contributed by atoms with Crippen LogP contribution >= 0.6 is 0 Å². The van der Waals surface area contributed by atoms with E-state index < -0.39 is 0 Å². The van der Waals surface area contributed by atoms with E-state index in [9.17, 15) is 9.59 Å². The fourth-order valence-electron chi connectivity index (χ4n) is 4.89. The molecule has 0 unspecified atom stereocenters. The third-order valence-electron chi connectivity index (χ3n) is 6.48. The molecule has 1 aliphatic heterocycles. The lowest BCUT2D eigenvalue weighted by atomic mass is 9.94. The largest absolute Gasteiger partial charge is 0.271 e. The molecule has 28 heavy (non-hydrogen) atoms. The molecule has 3 aliphatic carbocycles. The average molecular weight is 371 g/mol. The highest BCUT2D eigenvalue weighted by molar-refractivity contribution is 6.24. The van der Waals surface area contributed by atoms with Gasteiger partial charge in [0.1, 0.15) is 0 Å². The van der Waals surface area contributed by atoms with E-state index in [-0.39, 0.29) is 17.9 Å². The second-order valence-corrected chi connectivity index (χ2v) is 8.60. The molecule has 0 atom stereocenters. The highest BCUT2D eigenvalue weighted by Crippen LogP contribution is 2.39. The first-order chi connectivity index (χ1) is 13.5. The van der Waals surface area contributed by atoms with Gasteiger partial charge in [0.05, 0.1) is 11.1 Å². The first kappa shape index (κ1) is 17.4. The van der Waals surface area contributed by atoms with E-state index in [0.717, 1.165) is 47.6 Å². The number of carbonyl (C=O) groups is 2. The number of amides is 2. The van der Waals surface area contributed by atoms with Crippen LogP contribution in [0.5, 0.6) is 0 Å². The van der Waals surface area contributed by atoms with Crippen LogP contribution in [0.1, 0.15) is 78.1 Å². The maximum Gasteiger partial charge on any atom is 0.261 e. The molecular formula is C25H25NO2. The minimum Gasteiger partial charge on any atom is -0.271 e. The van der Waals surface area contributed by atoms with Crippen LogP contribution in [0.3, 0.4) is 0 Å². The van der Waals surface area contributed by atoms with E-state index in [1.54, 1.807) is 4.90 Å². The summed E-state index contributed by atoms with van der Waals surface area (Å²) in [6, 6.07) is 14.7. The molecule has 1 aromatic rings. The van der Waals surface area contributed by atoms with Crippen molar-refractivity contribution < 1.29 is 9.59 Å². The van der Waals surface area contributed by atoms with Crippen LogP contribution in [0, 0.1) is 0 Å². The van der Waals surface area contributed by atoms with Crippen LogP contribution in [0.25, 0.3) is 21.9 Å². The van der Waals surface area contributed by atoms with Crippen molar-refractivity contribution >= 4 is 22.6 Å². The number of hydrogen-bond acceptors (Lipinski definition) is 2. The van der Waals surface area contributed by atoms with Crippen LogP contribution < -0.4 is 0 Å². The van der Waals surface area contributed by atoms with E-state index in [2.05, 4.69) is 44.2 Å². The van der Waals surface area contributed by atoms with Gasteiger partial charge in [-0.15, -0.1) is 0 Å².